The van der Waals surface area contributed by atoms with E-state index in [1.165, 1.54) is 5.56 Å². The summed E-state index contributed by atoms with van der Waals surface area (Å²) in [5.41, 5.74) is 2.26. The second kappa shape index (κ2) is 15.3. The highest BCUT2D eigenvalue weighted by atomic mass is 127. The van der Waals surface area contributed by atoms with Crippen molar-refractivity contribution >= 4 is 35.8 Å². The Hall–Kier alpha value is -1.55. The Kier molecular flexibility index (Phi) is 13.6. The molecule has 1 aliphatic heterocycles. The van der Waals surface area contributed by atoms with Gasteiger partial charge in [0.25, 0.3) is 0 Å². The molecule has 0 spiro atoms. The first-order valence-corrected chi connectivity index (χ1v) is 11.0. The van der Waals surface area contributed by atoms with Crippen molar-refractivity contribution in [2.24, 2.45) is 4.99 Å². The number of aryl methyl sites for hydroxylation is 1. The lowest BCUT2D eigenvalue weighted by Gasteiger charge is -2.27. The van der Waals surface area contributed by atoms with E-state index in [1.54, 1.807) is 14.2 Å². The summed E-state index contributed by atoms with van der Waals surface area (Å²) in [5, 5.41) is 6.75. The molecule has 0 bridgehead atoms. The fourth-order valence-electron chi connectivity index (χ4n) is 3.72. The number of guanidine groups is 1. The average molecular weight is 546 g/mol. The Morgan fingerprint density at radius 1 is 1.29 bits per heavy atom. The van der Waals surface area contributed by atoms with Gasteiger partial charge in [-0.1, -0.05) is 19.1 Å². The van der Waals surface area contributed by atoms with Gasteiger partial charge in [0.05, 0.1) is 6.61 Å². The Balaban J connectivity index is 0.00000480. The highest BCUT2D eigenvalue weighted by Crippen LogP contribution is 2.21. The monoisotopic (exact) mass is 546 g/mol. The molecule has 1 aromatic rings. The average Bonchev–Trinajstić information content (AvgIpc) is 3.17. The number of nitrogens with one attached hydrogen (secondary N) is 2. The molecule has 1 saturated heterocycles. The van der Waals surface area contributed by atoms with Crippen LogP contribution in [0.4, 0.5) is 0 Å². The fourth-order valence-corrected chi connectivity index (χ4v) is 3.72. The quantitative estimate of drug-likeness (QED) is 0.182. The van der Waals surface area contributed by atoms with Gasteiger partial charge < -0.3 is 25.0 Å². The van der Waals surface area contributed by atoms with Crippen LogP contribution < -0.4 is 15.4 Å². The standard InChI is InChI=1S/C23H38N4O3.HI/c1-5-20(27-13-6-8-22(27)28)11-12-25-23(24-3)26-17-19-10-9-18(2)16-21(19)30-15-7-14-29-4;/h9-10,16,20H,5-8,11-15,17H2,1-4H3,(H2,24,25,26);1H. The van der Waals surface area contributed by atoms with Gasteiger partial charge >= 0.3 is 0 Å². The van der Waals surface area contributed by atoms with Crippen molar-refractivity contribution in [3.63, 3.8) is 0 Å². The zero-order valence-electron chi connectivity index (χ0n) is 19.4. The molecule has 1 fully saturated rings. The van der Waals surface area contributed by atoms with Crippen LogP contribution >= 0.6 is 24.0 Å². The summed E-state index contributed by atoms with van der Waals surface area (Å²) >= 11 is 0. The van der Waals surface area contributed by atoms with Crippen LogP contribution in [0.3, 0.4) is 0 Å². The minimum atomic E-state index is 0. The molecule has 1 atom stereocenters. The number of hydrogen-bond acceptors (Lipinski definition) is 4. The van der Waals surface area contributed by atoms with Gasteiger partial charge in [0.2, 0.25) is 5.91 Å². The van der Waals surface area contributed by atoms with E-state index in [9.17, 15) is 4.79 Å². The molecule has 8 heteroatoms. The molecule has 1 heterocycles. The highest BCUT2D eigenvalue weighted by Gasteiger charge is 2.26. The van der Waals surface area contributed by atoms with Crippen LogP contribution in [-0.2, 0) is 16.1 Å². The van der Waals surface area contributed by atoms with Crippen molar-refractivity contribution < 1.29 is 14.3 Å². The third-order valence-electron chi connectivity index (χ3n) is 5.43. The lowest BCUT2D eigenvalue weighted by atomic mass is 10.1. The van der Waals surface area contributed by atoms with E-state index in [-0.39, 0.29) is 24.0 Å². The summed E-state index contributed by atoms with van der Waals surface area (Å²) in [6.45, 7) is 7.83. The first-order valence-electron chi connectivity index (χ1n) is 11.0. The molecule has 0 saturated carbocycles. The van der Waals surface area contributed by atoms with Crippen LogP contribution in [0.5, 0.6) is 5.75 Å². The molecule has 176 valence electrons. The van der Waals surface area contributed by atoms with Gasteiger partial charge in [-0.15, -0.1) is 24.0 Å². The van der Waals surface area contributed by atoms with Crippen molar-refractivity contribution in [3.8, 4) is 5.75 Å². The second-order valence-electron chi connectivity index (χ2n) is 7.70. The molecule has 1 aromatic carbocycles. The molecule has 31 heavy (non-hydrogen) atoms. The molecule has 0 aliphatic carbocycles. The number of likely N-dealkylation sites (tertiary alicyclic amines) is 1. The normalized spacial score (nSPS) is 14.9. The first-order chi connectivity index (χ1) is 14.6. The van der Waals surface area contributed by atoms with Crippen LogP contribution in [0.25, 0.3) is 0 Å². The number of ether oxygens (including phenoxy) is 2. The molecular weight excluding hydrogens is 507 g/mol. The maximum Gasteiger partial charge on any atom is 0.222 e. The Bertz CT molecular complexity index is 699. The van der Waals surface area contributed by atoms with E-state index in [4.69, 9.17) is 9.47 Å². The SMILES string of the molecule is CCC(CCNC(=NC)NCc1ccc(C)cc1OCCCOC)N1CCCC1=O.I. The van der Waals surface area contributed by atoms with Gasteiger partial charge in [0.1, 0.15) is 5.75 Å². The number of amides is 1. The summed E-state index contributed by atoms with van der Waals surface area (Å²) in [7, 11) is 3.47. The van der Waals surface area contributed by atoms with Crippen LogP contribution in [0.2, 0.25) is 0 Å². The third kappa shape index (κ3) is 9.22. The largest absolute Gasteiger partial charge is 0.493 e. The van der Waals surface area contributed by atoms with Crippen LogP contribution in [0, 0.1) is 6.92 Å². The van der Waals surface area contributed by atoms with Crippen LogP contribution in [0.15, 0.2) is 23.2 Å². The smallest absolute Gasteiger partial charge is 0.222 e. The molecule has 0 aromatic heterocycles. The molecule has 1 amide bonds. The van der Waals surface area contributed by atoms with E-state index in [2.05, 4.69) is 47.7 Å². The van der Waals surface area contributed by atoms with E-state index in [1.807, 2.05) is 4.90 Å². The number of hydrogen-bond donors (Lipinski definition) is 2. The molecule has 2 rings (SSSR count). The Morgan fingerprint density at radius 3 is 2.74 bits per heavy atom. The molecule has 2 N–H and O–H groups in total. The third-order valence-corrected chi connectivity index (χ3v) is 5.43. The van der Waals surface area contributed by atoms with E-state index in [0.717, 1.165) is 56.0 Å². The zero-order chi connectivity index (χ0) is 21.8. The number of benzene rings is 1. The number of methoxy groups -OCH3 is 1. The predicted octanol–water partition coefficient (Wildman–Crippen LogP) is 3.48. The van der Waals surface area contributed by atoms with Gasteiger partial charge in [0, 0.05) is 64.8 Å². The first kappa shape index (κ1) is 27.5. The minimum Gasteiger partial charge on any atom is -0.493 e. The van der Waals surface area contributed by atoms with E-state index < -0.39 is 0 Å². The summed E-state index contributed by atoms with van der Waals surface area (Å²) < 4.78 is 11.1. The fraction of sp³-hybridized carbons (Fsp3) is 0.652. The van der Waals surface area contributed by atoms with Crippen LogP contribution in [0.1, 0.15) is 50.2 Å². The van der Waals surface area contributed by atoms with Crippen molar-refractivity contribution in [3.05, 3.63) is 29.3 Å². The lowest BCUT2D eigenvalue weighted by molar-refractivity contribution is -0.129. The van der Waals surface area contributed by atoms with Crippen molar-refractivity contribution in [1.29, 1.82) is 0 Å². The maximum absolute atomic E-state index is 12.0. The van der Waals surface area contributed by atoms with Crippen molar-refractivity contribution in [2.75, 3.05) is 40.5 Å². The van der Waals surface area contributed by atoms with Gasteiger partial charge in [-0.05, 0) is 37.8 Å². The summed E-state index contributed by atoms with van der Waals surface area (Å²) in [6, 6.07) is 6.55. The minimum absolute atomic E-state index is 0. The number of nitrogens with zero attached hydrogens (tertiary/aromatic N) is 2. The Labute approximate surface area is 204 Å². The number of halogens is 1. The molecule has 0 radical (unpaired) electrons. The number of aliphatic imine (C=N–C) groups is 1. The maximum atomic E-state index is 12.0. The molecule has 1 unspecified atom stereocenters. The Morgan fingerprint density at radius 2 is 2.10 bits per heavy atom. The van der Waals surface area contributed by atoms with Gasteiger partial charge in [-0.25, -0.2) is 0 Å². The summed E-state index contributed by atoms with van der Waals surface area (Å²) in [5.74, 6) is 1.94. The number of carbonyl (C=O) groups is 1. The second-order valence-corrected chi connectivity index (χ2v) is 7.70. The van der Waals surface area contributed by atoms with Gasteiger partial charge in [0.15, 0.2) is 5.96 Å². The van der Waals surface area contributed by atoms with Gasteiger partial charge in [-0.3, -0.25) is 9.79 Å². The summed E-state index contributed by atoms with van der Waals surface area (Å²) in [4.78, 5) is 18.4. The topological polar surface area (TPSA) is 75.2 Å². The van der Waals surface area contributed by atoms with Crippen molar-refractivity contribution in [2.45, 2.75) is 58.5 Å². The molecule has 1 aliphatic rings. The molecular formula is C23H39IN4O3. The van der Waals surface area contributed by atoms with E-state index in [0.29, 0.717) is 38.1 Å². The molecule has 7 nitrogen and oxygen atoms in total. The van der Waals surface area contributed by atoms with Crippen LogP contribution in [-0.4, -0.2) is 63.3 Å². The predicted molar refractivity (Wildman–Crippen MR) is 136 cm³/mol. The summed E-state index contributed by atoms with van der Waals surface area (Å²) in [6.07, 6.45) is 4.44. The van der Waals surface area contributed by atoms with Gasteiger partial charge in [-0.2, -0.15) is 0 Å². The lowest BCUT2D eigenvalue weighted by Crippen LogP contribution is -2.41. The van der Waals surface area contributed by atoms with E-state index >= 15 is 0 Å². The zero-order valence-corrected chi connectivity index (χ0v) is 21.7. The number of rotatable bonds is 12. The number of carbonyl (C=O) groups excluding carboxylic acids is 1. The highest BCUT2D eigenvalue weighted by molar-refractivity contribution is 14.0. The van der Waals surface area contributed by atoms with Crippen molar-refractivity contribution in [1.82, 2.24) is 15.5 Å².